The van der Waals surface area contributed by atoms with Gasteiger partial charge in [-0.05, 0) is 66.2 Å². The van der Waals surface area contributed by atoms with Gasteiger partial charge in [0.15, 0.2) is 0 Å². The Morgan fingerprint density at radius 2 is 1.14 bits per heavy atom. The molecule has 226 valence electrons. The van der Waals surface area contributed by atoms with Crippen LogP contribution in [0.2, 0.25) is 0 Å². The lowest BCUT2D eigenvalue weighted by molar-refractivity contribution is 0.673. The number of nitriles is 2. The fraction of sp³-hybridized carbons (Fsp3) is 0. The van der Waals surface area contributed by atoms with E-state index in [4.69, 9.17) is 4.42 Å². The first-order valence-electron chi connectivity index (χ1n) is 16.1. The summed E-state index contributed by atoms with van der Waals surface area (Å²) in [5.74, 6) is 0. The van der Waals surface area contributed by atoms with Crippen molar-refractivity contribution in [3.63, 3.8) is 0 Å². The third kappa shape index (κ3) is 3.79. The summed E-state index contributed by atoms with van der Waals surface area (Å²) in [6.45, 7) is 0. The molecule has 0 aliphatic rings. The maximum absolute atomic E-state index is 10.5. The second-order valence-electron chi connectivity index (χ2n) is 12.4. The lowest BCUT2D eigenvalue weighted by Crippen LogP contribution is -2.02. The van der Waals surface area contributed by atoms with Gasteiger partial charge in [0.1, 0.15) is 17.2 Å². The van der Waals surface area contributed by atoms with Gasteiger partial charge in [-0.3, -0.25) is 0 Å². The molecule has 10 aromatic rings. The third-order valence-electron chi connectivity index (χ3n) is 9.76. The first-order chi connectivity index (χ1) is 24.2. The zero-order valence-electron chi connectivity index (χ0n) is 26.1. The Morgan fingerprint density at radius 3 is 1.86 bits per heavy atom. The molecule has 0 fully saturated rings. The van der Waals surface area contributed by atoms with Crippen LogP contribution in [0.15, 0.2) is 150 Å². The van der Waals surface area contributed by atoms with E-state index in [1.807, 2.05) is 78.9 Å². The van der Waals surface area contributed by atoms with E-state index in [1.54, 1.807) is 0 Å². The number of furan rings is 1. The van der Waals surface area contributed by atoms with Gasteiger partial charge in [-0.2, -0.15) is 10.5 Å². The molecule has 3 heterocycles. The molecule has 0 bridgehead atoms. The second-order valence-corrected chi connectivity index (χ2v) is 12.4. The number of para-hydroxylation sites is 5. The maximum atomic E-state index is 10.5. The fourth-order valence-corrected chi connectivity index (χ4v) is 7.74. The average molecular weight is 625 g/mol. The van der Waals surface area contributed by atoms with Gasteiger partial charge >= 0.3 is 0 Å². The molecule has 49 heavy (non-hydrogen) atoms. The molecule has 0 spiro atoms. The van der Waals surface area contributed by atoms with Gasteiger partial charge in [0.2, 0.25) is 0 Å². The third-order valence-corrected chi connectivity index (χ3v) is 9.76. The summed E-state index contributed by atoms with van der Waals surface area (Å²) in [4.78, 5) is 0. The molecular formula is C44H24N4O. The van der Waals surface area contributed by atoms with Crippen LogP contribution in [-0.2, 0) is 0 Å². The summed E-state index contributed by atoms with van der Waals surface area (Å²) >= 11 is 0. The number of hydrogen-bond acceptors (Lipinski definition) is 3. The molecule has 5 nitrogen and oxygen atoms in total. The number of hydrogen-bond donors (Lipinski definition) is 0. The van der Waals surface area contributed by atoms with Crippen LogP contribution in [-0.4, -0.2) is 9.13 Å². The zero-order chi connectivity index (χ0) is 32.6. The summed E-state index contributed by atoms with van der Waals surface area (Å²) in [6, 6.07) is 54.1. The number of rotatable bonds is 3. The van der Waals surface area contributed by atoms with Gasteiger partial charge in [0.05, 0.1) is 50.3 Å². The summed E-state index contributed by atoms with van der Waals surface area (Å²) in [6.07, 6.45) is 0. The van der Waals surface area contributed by atoms with Crippen LogP contribution in [0.1, 0.15) is 11.1 Å². The van der Waals surface area contributed by atoms with Gasteiger partial charge in [0, 0.05) is 38.2 Å². The van der Waals surface area contributed by atoms with Crippen LogP contribution >= 0.6 is 0 Å². The summed E-state index contributed by atoms with van der Waals surface area (Å²) < 4.78 is 10.9. The predicted octanol–water partition coefficient (Wildman–Crippen LogP) is 11.2. The number of benzene rings is 7. The molecule has 0 aliphatic carbocycles. The highest BCUT2D eigenvalue weighted by molar-refractivity contribution is 6.24. The number of nitrogens with zero attached hydrogens (tertiary/aromatic N) is 4. The Balaban J connectivity index is 1.29. The van der Waals surface area contributed by atoms with Crippen molar-refractivity contribution in [1.29, 1.82) is 10.5 Å². The van der Waals surface area contributed by atoms with Crippen LogP contribution in [0, 0.1) is 22.7 Å². The van der Waals surface area contributed by atoms with Gasteiger partial charge in [-0.15, -0.1) is 0 Å². The van der Waals surface area contributed by atoms with Crippen LogP contribution in [0.3, 0.4) is 0 Å². The van der Waals surface area contributed by atoms with Crippen molar-refractivity contribution in [3.05, 3.63) is 157 Å². The lowest BCUT2D eigenvalue weighted by Gasteiger charge is -2.17. The first kappa shape index (κ1) is 27.1. The summed E-state index contributed by atoms with van der Waals surface area (Å²) in [5.41, 5.74) is 10.2. The Morgan fingerprint density at radius 1 is 0.490 bits per heavy atom. The van der Waals surface area contributed by atoms with Crippen LogP contribution in [0.25, 0.3) is 88.1 Å². The maximum Gasteiger partial charge on any atom is 0.145 e. The topological polar surface area (TPSA) is 70.6 Å². The lowest BCUT2D eigenvalue weighted by atomic mass is 9.97. The van der Waals surface area contributed by atoms with Crippen molar-refractivity contribution in [2.45, 2.75) is 0 Å². The van der Waals surface area contributed by atoms with Crippen LogP contribution in [0.4, 0.5) is 0 Å². The fourth-order valence-electron chi connectivity index (χ4n) is 7.74. The van der Waals surface area contributed by atoms with Crippen LogP contribution < -0.4 is 0 Å². The molecule has 0 N–H and O–H groups in total. The highest BCUT2D eigenvalue weighted by Gasteiger charge is 2.22. The molecular weight excluding hydrogens is 601 g/mol. The van der Waals surface area contributed by atoms with Gasteiger partial charge in [-0.25, -0.2) is 0 Å². The molecule has 0 unspecified atom stereocenters. The van der Waals surface area contributed by atoms with Crippen molar-refractivity contribution < 1.29 is 4.42 Å². The second kappa shape index (κ2) is 10.2. The summed E-state index contributed by atoms with van der Waals surface area (Å²) in [7, 11) is 0. The molecule has 0 atom stereocenters. The molecule has 0 amide bonds. The van der Waals surface area contributed by atoms with Crippen molar-refractivity contribution in [2.24, 2.45) is 0 Å². The largest absolute Gasteiger partial charge is 0.455 e. The SMILES string of the molecule is N#Cc1cc(-c2cccc(C#N)c2-n2c3ccccc3c3ccccc32)cc(-n2c3ccccc3c3c4oc5ccccc5c4ccc32)c1. The molecule has 0 aliphatic heterocycles. The number of fused-ring (bicyclic) bond motifs is 10. The molecule has 0 radical (unpaired) electrons. The van der Waals surface area contributed by atoms with E-state index in [-0.39, 0.29) is 0 Å². The molecule has 3 aromatic heterocycles. The molecule has 7 aromatic carbocycles. The van der Waals surface area contributed by atoms with E-state index >= 15 is 0 Å². The Kier molecular flexibility index (Phi) is 5.64. The highest BCUT2D eigenvalue weighted by Crippen LogP contribution is 2.42. The van der Waals surface area contributed by atoms with E-state index in [0.717, 1.165) is 88.1 Å². The van der Waals surface area contributed by atoms with Crippen molar-refractivity contribution in [2.75, 3.05) is 0 Å². The van der Waals surface area contributed by atoms with E-state index in [1.165, 1.54) is 0 Å². The van der Waals surface area contributed by atoms with E-state index in [2.05, 4.69) is 88.0 Å². The highest BCUT2D eigenvalue weighted by atomic mass is 16.3. The van der Waals surface area contributed by atoms with E-state index < -0.39 is 0 Å². The molecule has 5 heteroatoms. The molecule has 0 saturated heterocycles. The zero-order valence-corrected chi connectivity index (χ0v) is 26.1. The van der Waals surface area contributed by atoms with Crippen molar-refractivity contribution >= 4 is 65.6 Å². The number of aromatic nitrogens is 2. The minimum absolute atomic E-state index is 0.527. The van der Waals surface area contributed by atoms with E-state index in [9.17, 15) is 10.5 Å². The Bertz CT molecular complexity index is 3030. The smallest absolute Gasteiger partial charge is 0.145 e. The average Bonchev–Trinajstić information content (AvgIpc) is 3.82. The summed E-state index contributed by atoms with van der Waals surface area (Å²) in [5, 5.41) is 27.4. The minimum Gasteiger partial charge on any atom is -0.455 e. The normalized spacial score (nSPS) is 11.6. The monoisotopic (exact) mass is 624 g/mol. The molecule has 10 rings (SSSR count). The quantitative estimate of drug-likeness (QED) is 0.196. The minimum atomic E-state index is 0.527. The van der Waals surface area contributed by atoms with Gasteiger partial charge < -0.3 is 13.6 Å². The first-order valence-corrected chi connectivity index (χ1v) is 16.1. The van der Waals surface area contributed by atoms with Crippen molar-refractivity contribution in [1.82, 2.24) is 9.13 Å². The Labute approximate surface area is 280 Å². The van der Waals surface area contributed by atoms with Crippen LogP contribution in [0.5, 0.6) is 0 Å². The van der Waals surface area contributed by atoms with Crippen molar-refractivity contribution in [3.8, 4) is 34.6 Å². The Hall–Kier alpha value is -7.08. The van der Waals surface area contributed by atoms with Gasteiger partial charge in [-0.1, -0.05) is 84.9 Å². The van der Waals surface area contributed by atoms with Gasteiger partial charge in [0.25, 0.3) is 0 Å². The standard InChI is InChI=1S/C44H24N4O/c45-25-27-22-29(31-15-9-10-28(26-46)43(31)48-37-16-5-1-11-32(37)33-12-2-6-17-38(33)48)24-30(23-27)47-39-18-7-3-14-36(39)42-40(47)21-20-35-34-13-4-8-19-41(34)49-44(35)42/h1-24H. The van der Waals surface area contributed by atoms with E-state index in [0.29, 0.717) is 11.1 Å². The molecule has 0 saturated carbocycles. The predicted molar refractivity (Wildman–Crippen MR) is 197 cm³/mol.